The van der Waals surface area contributed by atoms with Crippen LogP contribution in [-0.2, 0) is 21.6 Å². The molecule has 2 aliphatic heterocycles. The topological polar surface area (TPSA) is 46.6 Å². The number of ether oxygens (including phenoxy) is 1. The summed E-state index contributed by atoms with van der Waals surface area (Å²) in [5.74, 6) is -0.288. The van der Waals surface area contributed by atoms with Gasteiger partial charge in [-0.3, -0.25) is 4.79 Å². The fourth-order valence-corrected chi connectivity index (χ4v) is 4.00. The Labute approximate surface area is 151 Å². The van der Waals surface area contributed by atoms with Crippen LogP contribution < -0.4 is 0 Å². The Morgan fingerprint density at radius 2 is 1.92 bits per heavy atom. The van der Waals surface area contributed by atoms with Gasteiger partial charge in [-0.2, -0.15) is 0 Å². The van der Waals surface area contributed by atoms with E-state index in [0.717, 1.165) is 24.0 Å². The minimum absolute atomic E-state index is 0.00704. The number of hydrogen-bond donors (Lipinski definition) is 0. The minimum atomic E-state index is -0.706. The van der Waals surface area contributed by atoms with Gasteiger partial charge in [0.25, 0.3) is 0 Å². The molecule has 1 spiro atoms. The summed E-state index contributed by atoms with van der Waals surface area (Å²) in [6.45, 7) is 1.07. The lowest BCUT2D eigenvalue weighted by molar-refractivity contribution is -0.138. The van der Waals surface area contributed by atoms with E-state index >= 15 is 0 Å². The van der Waals surface area contributed by atoms with Gasteiger partial charge in [-0.15, -0.1) is 0 Å². The highest BCUT2D eigenvalue weighted by Crippen LogP contribution is 2.42. The van der Waals surface area contributed by atoms with Gasteiger partial charge in [-0.25, -0.2) is 4.79 Å². The Hall–Kier alpha value is -2.33. The van der Waals surface area contributed by atoms with Crippen molar-refractivity contribution in [2.45, 2.75) is 24.9 Å². The van der Waals surface area contributed by atoms with Gasteiger partial charge in [0, 0.05) is 17.1 Å². The maximum atomic E-state index is 12.8. The van der Waals surface area contributed by atoms with Crippen LogP contribution in [0.5, 0.6) is 0 Å². The fraction of sp³-hybridized carbons (Fsp3) is 0.300. The van der Waals surface area contributed by atoms with E-state index in [4.69, 9.17) is 16.3 Å². The average molecular weight is 356 g/mol. The highest BCUT2D eigenvalue weighted by molar-refractivity contribution is 6.31. The van der Waals surface area contributed by atoms with Crippen LogP contribution >= 0.6 is 11.6 Å². The lowest BCUT2D eigenvalue weighted by Crippen LogP contribution is -2.49. The van der Waals surface area contributed by atoms with Gasteiger partial charge in [0.1, 0.15) is 0 Å². The number of carbonyl (C=O) groups excluding carboxylic acids is 2. The Kier molecular flexibility index (Phi) is 4.00. The molecule has 1 atom stereocenters. The SMILES string of the molecule is O=C1OC2(CCCN(C(=O)Cc3ccccc3Cl)C2)c2ccccc21. The summed E-state index contributed by atoms with van der Waals surface area (Å²) in [5.41, 5.74) is 1.62. The van der Waals surface area contributed by atoms with E-state index in [0.29, 0.717) is 23.7 Å². The van der Waals surface area contributed by atoms with Crippen molar-refractivity contribution in [1.82, 2.24) is 4.90 Å². The summed E-state index contributed by atoms with van der Waals surface area (Å²) in [4.78, 5) is 26.8. The third kappa shape index (κ3) is 2.81. The summed E-state index contributed by atoms with van der Waals surface area (Å²) >= 11 is 6.17. The van der Waals surface area contributed by atoms with Crippen molar-refractivity contribution in [3.63, 3.8) is 0 Å². The molecule has 2 aromatic carbocycles. The lowest BCUT2D eigenvalue weighted by Gasteiger charge is -2.39. The molecule has 0 saturated carbocycles. The molecule has 25 heavy (non-hydrogen) atoms. The number of hydrogen-bond acceptors (Lipinski definition) is 3. The number of halogens is 1. The van der Waals surface area contributed by atoms with Crippen LogP contribution in [-0.4, -0.2) is 29.9 Å². The standard InChI is InChI=1S/C20H18ClNO3/c21-17-9-4-1-6-14(17)12-18(23)22-11-5-10-20(13-22)16-8-3-2-7-15(16)19(24)25-20/h1-4,6-9H,5,10-13H2. The van der Waals surface area contributed by atoms with Crippen molar-refractivity contribution in [2.75, 3.05) is 13.1 Å². The van der Waals surface area contributed by atoms with Crippen LogP contribution in [0.1, 0.15) is 34.3 Å². The molecule has 0 aromatic heterocycles. The normalized spacial score (nSPS) is 22.0. The summed E-state index contributed by atoms with van der Waals surface area (Å²) < 4.78 is 5.76. The van der Waals surface area contributed by atoms with Gasteiger partial charge < -0.3 is 9.64 Å². The van der Waals surface area contributed by atoms with E-state index in [9.17, 15) is 9.59 Å². The number of piperidine rings is 1. The Bertz CT molecular complexity index is 850. The van der Waals surface area contributed by atoms with Crippen LogP contribution in [0.25, 0.3) is 0 Å². The second kappa shape index (κ2) is 6.19. The van der Waals surface area contributed by atoms with Crippen LogP contribution in [0.15, 0.2) is 48.5 Å². The molecule has 4 rings (SSSR count). The summed E-state index contributed by atoms with van der Waals surface area (Å²) in [6.07, 6.45) is 1.80. The highest BCUT2D eigenvalue weighted by atomic mass is 35.5. The average Bonchev–Trinajstić information content (AvgIpc) is 2.89. The van der Waals surface area contributed by atoms with Gasteiger partial charge in [-0.1, -0.05) is 48.0 Å². The first-order chi connectivity index (χ1) is 12.1. The third-order valence-electron chi connectivity index (χ3n) is 5.03. The Morgan fingerprint density at radius 3 is 2.76 bits per heavy atom. The predicted molar refractivity (Wildman–Crippen MR) is 94.5 cm³/mol. The highest BCUT2D eigenvalue weighted by Gasteiger charge is 2.48. The number of amides is 1. The first kappa shape index (κ1) is 16.2. The molecule has 1 unspecified atom stereocenters. The molecule has 1 fully saturated rings. The fourth-order valence-electron chi connectivity index (χ4n) is 3.80. The zero-order chi connectivity index (χ0) is 17.4. The van der Waals surface area contributed by atoms with E-state index in [1.807, 2.05) is 36.4 Å². The van der Waals surface area contributed by atoms with Crippen molar-refractivity contribution in [1.29, 1.82) is 0 Å². The quantitative estimate of drug-likeness (QED) is 0.774. The van der Waals surface area contributed by atoms with Gasteiger partial charge in [0.15, 0.2) is 5.60 Å². The number of benzene rings is 2. The van der Waals surface area contributed by atoms with Crippen molar-refractivity contribution in [3.8, 4) is 0 Å². The molecule has 5 heteroatoms. The Morgan fingerprint density at radius 1 is 1.16 bits per heavy atom. The number of carbonyl (C=O) groups is 2. The molecule has 128 valence electrons. The van der Waals surface area contributed by atoms with E-state index in [1.165, 1.54) is 0 Å². The molecule has 1 amide bonds. The van der Waals surface area contributed by atoms with Gasteiger partial charge in [0.05, 0.1) is 18.5 Å². The largest absolute Gasteiger partial charge is 0.449 e. The predicted octanol–water partition coefficient (Wildman–Crippen LogP) is 3.57. The third-order valence-corrected chi connectivity index (χ3v) is 5.40. The van der Waals surface area contributed by atoms with Gasteiger partial charge in [0.2, 0.25) is 5.91 Å². The maximum absolute atomic E-state index is 12.8. The smallest absolute Gasteiger partial charge is 0.339 e. The molecular formula is C20H18ClNO3. The van der Waals surface area contributed by atoms with Crippen molar-refractivity contribution in [2.24, 2.45) is 0 Å². The number of esters is 1. The maximum Gasteiger partial charge on any atom is 0.339 e. The van der Waals surface area contributed by atoms with E-state index < -0.39 is 5.60 Å². The van der Waals surface area contributed by atoms with E-state index in [-0.39, 0.29) is 18.3 Å². The number of fused-ring (bicyclic) bond motifs is 2. The zero-order valence-corrected chi connectivity index (χ0v) is 14.5. The Balaban J connectivity index is 1.57. The molecule has 0 radical (unpaired) electrons. The number of rotatable bonds is 2. The zero-order valence-electron chi connectivity index (χ0n) is 13.7. The number of likely N-dealkylation sites (tertiary alicyclic amines) is 1. The second-order valence-corrected chi connectivity index (χ2v) is 7.02. The summed E-state index contributed by atoms with van der Waals surface area (Å²) in [7, 11) is 0. The molecule has 2 heterocycles. The molecule has 2 aromatic rings. The van der Waals surface area contributed by atoms with Crippen molar-refractivity contribution >= 4 is 23.5 Å². The second-order valence-electron chi connectivity index (χ2n) is 6.62. The summed E-state index contributed by atoms with van der Waals surface area (Å²) in [6, 6.07) is 14.8. The monoisotopic (exact) mass is 355 g/mol. The summed E-state index contributed by atoms with van der Waals surface area (Å²) in [5, 5.41) is 0.597. The van der Waals surface area contributed by atoms with Crippen LogP contribution in [0.3, 0.4) is 0 Å². The molecular weight excluding hydrogens is 338 g/mol. The van der Waals surface area contributed by atoms with Crippen LogP contribution in [0.4, 0.5) is 0 Å². The molecule has 1 saturated heterocycles. The van der Waals surface area contributed by atoms with Crippen LogP contribution in [0, 0.1) is 0 Å². The molecule has 0 N–H and O–H groups in total. The van der Waals surface area contributed by atoms with Gasteiger partial charge >= 0.3 is 5.97 Å². The first-order valence-electron chi connectivity index (χ1n) is 8.43. The first-order valence-corrected chi connectivity index (χ1v) is 8.81. The molecule has 2 aliphatic rings. The molecule has 0 aliphatic carbocycles. The number of nitrogens with zero attached hydrogens (tertiary/aromatic N) is 1. The van der Waals surface area contributed by atoms with Gasteiger partial charge in [-0.05, 0) is 30.5 Å². The minimum Gasteiger partial charge on any atom is -0.449 e. The molecule has 4 nitrogen and oxygen atoms in total. The van der Waals surface area contributed by atoms with E-state index in [2.05, 4.69) is 0 Å². The van der Waals surface area contributed by atoms with E-state index in [1.54, 1.807) is 17.0 Å². The van der Waals surface area contributed by atoms with Crippen LogP contribution in [0.2, 0.25) is 5.02 Å². The van der Waals surface area contributed by atoms with Crippen molar-refractivity contribution in [3.05, 3.63) is 70.2 Å². The van der Waals surface area contributed by atoms with Crippen molar-refractivity contribution < 1.29 is 14.3 Å². The lowest BCUT2D eigenvalue weighted by atomic mass is 9.85. The molecule has 0 bridgehead atoms.